The van der Waals surface area contributed by atoms with Gasteiger partial charge in [-0.2, -0.15) is 5.10 Å². The minimum absolute atomic E-state index is 0.124. The average molecular weight is 256 g/mol. The summed E-state index contributed by atoms with van der Waals surface area (Å²) >= 11 is 0. The van der Waals surface area contributed by atoms with Gasteiger partial charge < -0.3 is 9.15 Å². The van der Waals surface area contributed by atoms with E-state index in [0.29, 0.717) is 11.5 Å². The Morgan fingerprint density at radius 2 is 2.16 bits per heavy atom. The van der Waals surface area contributed by atoms with E-state index in [2.05, 4.69) is 14.9 Å². The first-order chi connectivity index (χ1) is 9.28. The number of H-pyrrole nitrogens is 1. The molecular formula is C14H12N2O3. The third-order valence-corrected chi connectivity index (χ3v) is 2.91. The molecule has 0 aliphatic carbocycles. The van der Waals surface area contributed by atoms with Gasteiger partial charge >= 0.3 is 5.97 Å². The number of ether oxygens (including phenoxy) is 1. The van der Waals surface area contributed by atoms with Crippen molar-refractivity contribution in [1.82, 2.24) is 10.2 Å². The maximum Gasteiger partial charge on any atom is 0.313 e. The number of carbonyl (C=O) groups excluding carboxylic acids is 1. The number of benzene rings is 1. The summed E-state index contributed by atoms with van der Waals surface area (Å²) in [4.78, 5) is 11.2. The van der Waals surface area contributed by atoms with Crippen LogP contribution in [0.5, 0.6) is 0 Å². The van der Waals surface area contributed by atoms with Crippen molar-refractivity contribution in [3.63, 3.8) is 0 Å². The van der Waals surface area contributed by atoms with Crippen LogP contribution >= 0.6 is 0 Å². The van der Waals surface area contributed by atoms with E-state index < -0.39 is 0 Å². The zero-order chi connectivity index (χ0) is 13.2. The Balaban J connectivity index is 1.96. The molecule has 3 aromatic rings. The highest BCUT2D eigenvalue weighted by Gasteiger charge is 2.13. The highest BCUT2D eigenvalue weighted by atomic mass is 16.5. The number of carbonyl (C=O) groups is 1. The maximum atomic E-state index is 11.2. The minimum Gasteiger partial charge on any atom is -0.469 e. The number of esters is 1. The minimum atomic E-state index is -0.326. The van der Waals surface area contributed by atoms with E-state index >= 15 is 0 Å². The van der Waals surface area contributed by atoms with Gasteiger partial charge in [0.05, 0.1) is 12.6 Å². The zero-order valence-electron chi connectivity index (χ0n) is 10.3. The fourth-order valence-corrected chi connectivity index (χ4v) is 1.97. The van der Waals surface area contributed by atoms with Crippen LogP contribution in [0.3, 0.4) is 0 Å². The van der Waals surface area contributed by atoms with Crippen molar-refractivity contribution in [3.8, 4) is 11.5 Å². The normalized spacial score (nSPS) is 10.8. The van der Waals surface area contributed by atoms with Gasteiger partial charge in [0.1, 0.15) is 17.9 Å². The fourth-order valence-electron chi connectivity index (χ4n) is 1.97. The van der Waals surface area contributed by atoms with E-state index in [9.17, 15) is 4.79 Å². The second-order valence-corrected chi connectivity index (χ2v) is 4.14. The van der Waals surface area contributed by atoms with Crippen molar-refractivity contribution in [2.24, 2.45) is 0 Å². The summed E-state index contributed by atoms with van der Waals surface area (Å²) in [5.41, 5.74) is 1.69. The number of hydrogen-bond donors (Lipinski definition) is 1. The smallest absolute Gasteiger partial charge is 0.313 e. The summed E-state index contributed by atoms with van der Waals surface area (Å²) in [6.45, 7) is 0. The number of nitrogens with zero attached hydrogens (tertiary/aromatic N) is 1. The van der Waals surface area contributed by atoms with E-state index in [4.69, 9.17) is 4.42 Å². The second kappa shape index (κ2) is 4.61. The van der Waals surface area contributed by atoms with Gasteiger partial charge in [0.25, 0.3) is 0 Å². The fraction of sp³-hybridized carbons (Fsp3) is 0.143. The Bertz CT molecular complexity index is 727. The van der Waals surface area contributed by atoms with Gasteiger partial charge in [0, 0.05) is 5.39 Å². The van der Waals surface area contributed by atoms with Crippen LogP contribution < -0.4 is 0 Å². The molecule has 0 fully saturated rings. The molecule has 0 amide bonds. The number of aromatic nitrogens is 2. The Morgan fingerprint density at radius 3 is 3.00 bits per heavy atom. The van der Waals surface area contributed by atoms with E-state index in [1.54, 1.807) is 12.1 Å². The number of furan rings is 1. The zero-order valence-corrected chi connectivity index (χ0v) is 10.3. The first kappa shape index (κ1) is 11.5. The monoisotopic (exact) mass is 256 g/mol. The molecule has 0 atom stereocenters. The van der Waals surface area contributed by atoms with Crippen LogP contribution in [-0.2, 0) is 16.0 Å². The molecule has 19 heavy (non-hydrogen) atoms. The number of fused-ring (bicyclic) bond motifs is 1. The largest absolute Gasteiger partial charge is 0.469 e. The van der Waals surface area contributed by atoms with Gasteiger partial charge in [-0.15, -0.1) is 0 Å². The molecule has 96 valence electrons. The number of methoxy groups -OCH3 is 1. The molecule has 5 nitrogen and oxygen atoms in total. The molecule has 0 spiro atoms. The summed E-state index contributed by atoms with van der Waals surface area (Å²) in [5, 5.41) is 8.18. The molecule has 0 radical (unpaired) electrons. The molecule has 2 aromatic heterocycles. The lowest BCUT2D eigenvalue weighted by Gasteiger charge is -1.95. The SMILES string of the molecule is COC(=O)Cc1ccc(-c2n[nH]c3ccccc23)o1. The third kappa shape index (κ3) is 2.10. The third-order valence-electron chi connectivity index (χ3n) is 2.91. The lowest BCUT2D eigenvalue weighted by atomic mass is 10.2. The number of aromatic amines is 1. The highest BCUT2D eigenvalue weighted by molar-refractivity contribution is 5.91. The number of rotatable bonds is 3. The van der Waals surface area contributed by atoms with Crippen LogP contribution in [0.1, 0.15) is 5.76 Å². The van der Waals surface area contributed by atoms with Crippen molar-refractivity contribution in [2.75, 3.05) is 7.11 Å². The summed E-state index contributed by atoms with van der Waals surface area (Å²) in [6, 6.07) is 11.4. The summed E-state index contributed by atoms with van der Waals surface area (Å²) in [6.07, 6.45) is 0.124. The molecule has 1 aromatic carbocycles. The second-order valence-electron chi connectivity index (χ2n) is 4.14. The van der Waals surface area contributed by atoms with Crippen molar-refractivity contribution in [2.45, 2.75) is 6.42 Å². The van der Waals surface area contributed by atoms with E-state index in [1.165, 1.54) is 7.11 Å². The van der Waals surface area contributed by atoms with Gasteiger partial charge in [-0.25, -0.2) is 0 Å². The van der Waals surface area contributed by atoms with Crippen molar-refractivity contribution < 1.29 is 13.9 Å². The van der Waals surface area contributed by atoms with Gasteiger partial charge in [0.15, 0.2) is 5.76 Å². The molecule has 0 bridgehead atoms. The van der Waals surface area contributed by atoms with Gasteiger partial charge in [-0.1, -0.05) is 18.2 Å². The molecule has 0 unspecified atom stereocenters. The Kier molecular flexibility index (Phi) is 2.79. The molecule has 2 heterocycles. The van der Waals surface area contributed by atoms with Crippen molar-refractivity contribution in [3.05, 3.63) is 42.2 Å². The van der Waals surface area contributed by atoms with Crippen LogP contribution in [0.25, 0.3) is 22.4 Å². The van der Waals surface area contributed by atoms with Crippen molar-refractivity contribution >= 4 is 16.9 Å². The Labute approximate surface area is 109 Å². The standard InChI is InChI=1S/C14H12N2O3/c1-18-13(17)8-9-6-7-12(19-9)14-10-4-2-3-5-11(10)15-16-14/h2-7H,8H2,1H3,(H,15,16). The molecule has 0 saturated heterocycles. The first-order valence-electron chi connectivity index (χ1n) is 5.87. The highest BCUT2D eigenvalue weighted by Crippen LogP contribution is 2.27. The van der Waals surface area contributed by atoms with Crippen LogP contribution in [0, 0.1) is 0 Å². The van der Waals surface area contributed by atoms with E-state index in [1.807, 2.05) is 24.3 Å². The number of para-hydroxylation sites is 1. The summed E-state index contributed by atoms with van der Waals surface area (Å²) < 4.78 is 10.2. The lowest BCUT2D eigenvalue weighted by molar-refractivity contribution is -0.140. The summed E-state index contributed by atoms with van der Waals surface area (Å²) in [5.74, 6) is 0.873. The maximum absolute atomic E-state index is 11.2. The lowest BCUT2D eigenvalue weighted by Crippen LogP contribution is -2.03. The van der Waals surface area contributed by atoms with Crippen LogP contribution in [0.2, 0.25) is 0 Å². The predicted molar refractivity (Wildman–Crippen MR) is 69.5 cm³/mol. The topological polar surface area (TPSA) is 68.1 Å². The van der Waals surface area contributed by atoms with Gasteiger partial charge in [-0.3, -0.25) is 9.89 Å². The number of nitrogens with one attached hydrogen (secondary N) is 1. The van der Waals surface area contributed by atoms with E-state index in [0.717, 1.165) is 16.6 Å². The first-order valence-corrected chi connectivity index (χ1v) is 5.87. The molecular weight excluding hydrogens is 244 g/mol. The van der Waals surface area contributed by atoms with Crippen LogP contribution in [0.4, 0.5) is 0 Å². The number of hydrogen-bond acceptors (Lipinski definition) is 4. The predicted octanol–water partition coefficient (Wildman–Crippen LogP) is 2.54. The average Bonchev–Trinajstić information content (AvgIpc) is 3.04. The van der Waals surface area contributed by atoms with Gasteiger partial charge in [-0.05, 0) is 18.2 Å². The van der Waals surface area contributed by atoms with Crippen molar-refractivity contribution in [1.29, 1.82) is 0 Å². The van der Waals surface area contributed by atoms with Gasteiger partial charge in [0.2, 0.25) is 0 Å². The van der Waals surface area contributed by atoms with E-state index in [-0.39, 0.29) is 12.4 Å². The van der Waals surface area contributed by atoms with Crippen LogP contribution in [0.15, 0.2) is 40.8 Å². The molecule has 0 saturated carbocycles. The Morgan fingerprint density at radius 1 is 1.32 bits per heavy atom. The molecule has 3 rings (SSSR count). The Hall–Kier alpha value is -2.56. The molecule has 5 heteroatoms. The van der Waals surface area contributed by atoms with Crippen LogP contribution in [-0.4, -0.2) is 23.3 Å². The molecule has 1 N–H and O–H groups in total. The summed E-state index contributed by atoms with van der Waals surface area (Å²) in [7, 11) is 1.35. The molecule has 0 aliphatic heterocycles. The molecule has 0 aliphatic rings. The quantitative estimate of drug-likeness (QED) is 0.731.